The van der Waals surface area contributed by atoms with Gasteiger partial charge in [-0.1, -0.05) is 13.0 Å². The van der Waals surface area contributed by atoms with Gasteiger partial charge in [-0.15, -0.1) is 0 Å². The van der Waals surface area contributed by atoms with Crippen molar-refractivity contribution in [3.63, 3.8) is 0 Å². The standard InChI is InChI=1S/C8H11F2N/c1-6-3-4-7(11-5-6)8(2,9)10/h4-6H,3H2,1-2H3. The summed E-state index contributed by atoms with van der Waals surface area (Å²) in [6.07, 6.45) is 3.75. The van der Waals surface area contributed by atoms with Crippen molar-refractivity contribution in [3.05, 3.63) is 11.8 Å². The summed E-state index contributed by atoms with van der Waals surface area (Å²) in [5, 5.41) is 0. The Labute approximate surface area is 64.8 Å². The molecule has 1 aliphatic heterocycles. The van der Waals surface area contributed by atoms with Gasteiger partial charge in [-0.05, 0) is 12.3 Å². The van der Waals surface area contributed by atoms with Crippen LogP contribution in [0.1, 0.15) is 20.3 Å². The Bertz CT molecular complexity index is 201. The van der Waals surface area contributed by atoms with Crippen molar-refractivity contribution >= 4 is 6.21 Å². The Morgan fingerprint density at radius 3 is 2.64 bits per heavy atom. The Morgan fingerprint density at radius 2 is 2.27 bits per heavy atom. The molecule has 1 atom stereocenters. The van der Waals surface area contributed by atoms with Crippen molar-refractivity contribution in [1.29, 1.82) is 0 Å². The first kappa shape index (κ1) is 8.37. The molecule has 1 rings (SSSR count). The van der Waals surface area contributed by atoms with Gasteiger partial charge in [-0.25, -0.2) is 0 Å². The van der Waals surface area contributed by atoms with Crippen LogP contribution in [0.4, 0.5) is 8.78 Å². The lowest BCUT2D eigenvalue weighted by molar-refractivity contribution is 0.0614. The summed E-state index contributed by atoms with van der Waals surface area (Å²) in [7, 11) is 0. The fraction of sp³-hybridized carbons (Fsp3) is 0.625. The van der Waals surface area contributed by atoms with Gasteiger partial charge >= 0.3 is 0 Å². The molecule has 11 heavy (non-hydrogen) atoms. The number of halogens is 2. The van der Waals surface area contributed by atoms with Crippen molar-refractivity contribution < 1.29 is 8.78 Å². The van der Waals surface area contributed by atoms with Crippen LogP contribution < -0.4 is 0 Å². The van der Waals surface area contributed by atoms with Crippen LogP contribution in [-0.4, -0.2) is 12.1 Å². The monoisotopic (exact) mass is 159 g/mol. The van der Waals surface area contributed by atoms with E-state index in [9.17, 15) is 8.78 Å². The van der Waals surface area contributed by atoms with E-state index in [1.165, 1.54) is 6.08 Å². The molecule has 1 nitrogen and oxygen atoms in total. The van der Waals surface area contributed by atoms with Gasteiger partial charge in [0.05, 0.1) is 0 Å². The first-order valence-corrected chi connectivity index (χ1v) is 3.63. The molecule has 0 fully saturated rings. The molecule has 0 aromatic rings. The van der Waals surface area contributed by atoms with Crippen molar-refractivity contribution in [2.24, 2.45) is 10.9 Å². The van der Waals surface area contributed by atoms with E-state index in [0.717, 1.165) is 6.92 Å². The first-order valence-electron chi connectivity index (χ1n) is 3.63. The van der Waals surface area contributed by atoms with Crippen LogP contribution >= 0.6 is 0 Å². The highest BCUT2D eigenvalue weighted by Crippen LogP contribution is 2.27. The van der Waals surface area contributed by atoms with Crippen LogP contribution in [0.3, 0.4) is 0 Å². The number of allylic oxidation sites excluding steroid dienone is 2. The molecular formula is C8H11F2N. The normalized spacial score (nSPS) is 25.1. The number of rotatable bonds is 1. The molecule has 0 radical (unpaired) electrons. The van der Waals surface area contributed by atoms with E-state index < -0.39 is 5.92 Å². The van der Waals surface area contributed by atoms with Crippen LogP contribution in [-0.2, 0) is 0 Å². The largest absolute Gasteiger partial charge is 0.286 e. The van der Waals surface area contributed by atoms with E-state index >= 15 is 0 Å². The summed E-state index contributed by atoms with van der Waals surface area (Å²) >= 11 is 0. The molecule has 62 valence electrons. The Kier molecular flexibility index (Phi) is 2.07. The Morgan fingerprint density at radius 1 is 1.64 bits per heavy atom. The van der Waals surface area contributed by atoms with Crippen LogP contribution in [0.2, 0.25) is 0 Å². The molecule has 1 heterocycles. The summed E-state index contributed by atoms with van der Waals surface area (Å²) in [5.74, 6) is -2.49. The average molecular weight is 159 g/mol. The lowest BCUT2D eigenvalue weighted by atomic mass is 10.0. The maximum atomic E-state index is 12.6. The number of aliphatic imine (C=N–C) groups is 1. The number of hydrogen-bond donors (Lipinski definition) is 0. The zero-order valence-corrected chi connectivity index (χ0v) is 6.64. The minimum Gasteiger partial charge on any atom is -0.259 e. The first-order chi connectivity index (χ1) is 5.00. The third-order valence-corrected chi connectivity index (χ3v) is 1.60. The SMILES string of the molecule is CC1C=NC(C(C)(F)F)=CC1. The van der Waals surface area contributed by atoms with E-state index in [2.05, 4.69) is 4.99 Å². The van der Waals surface area contributed by atoms with Gasteiger partial charge < -0.3 is 0 Å². The highest BCUT2D eigenvalue weighted by molar-refractivity contribution is 5.63. The predicted molar refractivity (Wildman–Crippen MR) is 41.0 cm³/mol. The third kappa shape index (κ3) is 2.10. The second-order valence-corrected chi connectivity index (χ2v) is 2.97. The fourth-order valence-corrected chi connectivity index (χ4v) is 0.911. The highest BCUT2D eigenvalue weighted by Gasteiger charge is 2.28. The summed E-state index contributed by atoms with van der Waals surface area (Å²) < 4.78 is 25.1. The van der Waals surface area contributed by atoms with Gasteiger partial charge in [-0.2, -0.15) is 8.78 Å². The molecule has 1 unspecified atom stereocenters. The van der Waals surface area contributed by atoms with Crippen LogP contribution in [0, 0.1) is 5.92 Å². The van der Waals surface area contributed by atoms with Crippen molar-refractivity contribution in [2.45, 2.75) is 26.2 Å². The Hall–Kier alpha value is -0.730. The second kappa shape index (κ2) is 2.72. The van der Waals surface area contributed by atoms with E-state index in [4.69, 9.17) is 0 Å². The minimum absolute atomic E-state index is 0.101. The quantitative estimate of drug-likeness (QED) is 0.557. The smallest absolute Gasteiger partial charge is 0.259 e. The lowest BCUT2D eigenvalue weighted by Gasteiger charge is -2.15. The zero-order chi connectivity index (χ0) is 8.48. The molecule has 0 spiro atoms. The zero-order valence-electron chi connectivity index (χ0n) is 6.64. The lowest BCUT2D eigenvalue weighted by Crippen LogP contribution is -2.15. The molecule has 0 bridgehead atoms. The number of alkyl halides is 2. The maximum Gasteiger partial charge on any atom is 0.286 e. The predicted octanol–water partition coefficient (Wildman–Crippen LogP) is 2.64. The van der Waals surface area contributed by atoms with Crippen LogP contribution in [0.15, 0.2) is 16.8 Å². The molecule has 0 aromatic heterocycles. The van der Waals surface area contributed by atoms with E-state index in [-0.39, 0.29) is 5.70 Å². The van der Waals surface area contributed by atoms with E-state index in [0.29, 0.717) is 12.3 Å². The van der Waals surface area contributed by atoms with Crippen molar-refractivity contribution in [1.82, 2.24) is 0 Å². The molecular weight excluding hydrogens is 148 g/mol. The third-order valence-electron chi connectivity index (χ3n) is 1.60. The van der Waals surface area contributed by atoms with Crippen LogP contribution in [0.25, 0.3) is 0 Å². The number of hydrogen-bond acceptors (Lipinski definition) is 1. The fourth-order valence-electron chi connectivity index (χ4n) is 0.911. The van der Waals surface area contributed by atoms with E-state index in [1.807, 2.05) is 6.92 Å². The van der Waals surface area contributed by atoms with Gasteiger partial charge in [0, 0.05) is 13.1 Å². The maximum absolute atomic E-state index is 12.6. The van der Waals surface area contributed by atoms with Gasteiger partial charge in [-0.3, -0.25) is 4.99 Å². The topological polar surface area (TPSA) is 12.4 Å². The summed E-state index contributed by atoms with van der Waals surface area (Å²) in [6, 6.07) is 0. The summed E-state index contributed by atoms with van der Waals surface area (Å²) in [4.78, 5) is 3.67. The molecule has 3 heteroatoms. The number of nitrogens with zero attached hydrogens (tertiary/aromatic N) is 1. The molecule has 0 saturated heterocycles. The molecule has 0 aliphatic carbocycles. The summed E-state index contributed by atoms with van der Waals surface area (Å²) in [5.41, 5.74) is -0.101. The highest BCUT2D eigenvalue weighted by atomic mass is 19.3. The molecule has 0 amide bonds. The average Bonchev–Trinajstić information content (AvgIpc) is 1.86. The minimum atomic E-state index is -2.78. The van der Waals surface area contributed by atoms with Gasteiger partial charge in [0.25, 0.3) is 5.92 Å². The van der Waals surface area contributed by atoms with Crippen molar-refractivity contribution in [3.8, 4) is 0 Å². The van der Waals surface area contributed by atoms with Crippen LogP contribution in [0.5, 0.6) is 0 Å². The summed E-state index contributed by atoms with van der Waals surface area (Å²) in [6.45, 7) is 2.82. The molecule has 0 aromatic carbocycles. The molecule has 0 N–H and O–H groups in total. The Balaban J connectivity index is 2.71. The second-order valence-electron chi connectivity index (χ2n) is 2.97. The van der Waals surface area contributed by atoms with Gasteiger partial charge in [0.15, 0.2) is 0 Å². The van der Waals surface area contributed by atoms with Gasteiger partial charge in [0.1, 0.15) is 5.70 Å². The molecule has 0 saturated carbocycles. The van der Waals surface area contributed by atoms with E-state index in [1.54, 1.807) is 6.21 Å². The molecule has 1 aliphatic rings. The van der Waals surface area contributed by atoms with Crippen molar-refractivity contribution in [2.75, 3.05) is 0 Å². The van der Waals surface area contributed by atoms with Gasteiger partial charge in [0.2, 0.25) is 0 Å².